The lowest BCUT2D eigenvalue weighted by Gasteiger charge is -2.27. The van der Waals surface area contributed by atoms with Crippen LogP contribution in [0.15, 0.2) is 120 Å². The maximum Gasteiger partial charge on any atom is 0.148 e. The second kappa shape index (κ2) is 10.7. The molecule has 0 heterocycles. The van der Waals surface area contributed by atoms with Crippen LogP contribution in [0.5, 0.6) is 0 Å². The number of hydrogen-bond donors (Lipinski definition) is 0. The molecule has 4 aromatic carbocycles. The van der Waals surface area contributed by atoms with E-state index in [0.717, 1.165) is 15.9 Å². The first-order chi connectivity index (χ1) is 17.1. The molecule has 0 aliphatic rings. The fourth-order valence-corrected chi connectivity index (χ4v) is 7.69. The van der Waals surface area contributed by atoms with Crippen molar-refractivity contribution in [2.24, 2.45) is 4.74 Å². The van der Waals surface area contributed by atoms with E-state index in [1.807, 2.05) is 60.7 Å². The van der Waals surface area contributed by atoms with Crippen molar-refractivity contribution in [3.05, 3.63) is 125 Å². The minimum absolute atomic E-state index is 0.0151. The Bertz CT molecular complexity index is 1450. The van der Waals surface area contributed by atoms with Crippen LogP contribution in [0.4, 0.5) is 5.69 Å². The van der Waals surface area contributed by atoms with Gasteiger partial charge in [-0.15, -0.1) is 0 Å². The van der Waals surface area contributed by atoms with Crippen LogP contribution >= 0.6 is 18.7 Å². The lowest BCUT2D eigenvalue weighted by molar-refractivity contribution is 1.44. The number of nitrogens with zero attached hydrogens (tertiary/aromatic N) is 4. The topological polar surface area (TPSA) is 83.7 Å². The maximum atomic E-state index is 9.53. The first-order valence-electron chi connectivity index (χ1n) is 10.7. The van der Waals surface area contributed by atoms with Gasteiger partial charge in [-0.2, -0.15) is 15.8 Å². The summed E-state index contributed by atoms with van der Waals surface area (Å²) in [5, 5.41) is 31.5. The lowest BCUT2D eigenvalue weighted by atomic mass is 10.0. The number of hydrogen-bond acceptors (Lipinski definition) is 4. The van der Waals surface area contributed by atoms with Crippen LogP contribution in [0, 0.1) is 34.0 Å². The average molecular weight is 489 g/mol. The van der Waals surface area contributed by atoms with Crippen molar-refractivity contribution < 1.29 is 0 Å². The molecule has 4 aromatic rings. The molecule has 166 valence electrons. The summed E-state index contributed by atoms with van der Waals surface area (Å²) in [5.41, 5.74) is 0.692. The molecule has 0 aromatic heterocycles. The Hall–Kier alpha value is -4.39. The highest BCUT2D eigenvalue weighted by molar-refractivity contribution is 7.87. The third-order valence-corrected chi connectivity index (χ3v) is 9.42. The highest BCUT2D eigenvalue weighted by atomic mass is 35.5. The van der Waals surface area contributed by atoms with Crippen molar-refractivity contribution in [3.8, 4) is 18.2 Å². The van der Waals surface area contributed by atoms with Gasteiger partial charge in [0, 0.05) is 15.9 Å². The molecule has 0 fully saturated rings. The molecule has 0 N–H and O–H groups in total. The molecule has 0 atom stereocenters. The molecule has 0 aliphatic carbocycles. The molecule has 0 unspecified atom stereocenters. The molecule has 0 spiro atoms. The van der Waals surface area contributed by atoms with E-state index in [9.17, 15) is 15.8 Å². The first kappa shape index (κ1) is 23.8. The monoisotopic (exact) mass is 488 g/mol. The summed E-state index contributed by atoms with van der Waals surface area (Å²) < 4.78 is 5.36. The molecule has 35 heavy (non-hydrogen) atoms. The van der Waals surface area contributed by atoms with Gasteiger partial charge in [-0.1, -0.05) is 109 Å². The van der Waals surface area contributed by atoms with Crippen LogP contribution < -0.4 is 15.9 Å². The first-order valence-corrected chi connectivity index (χ1v) is 12.8. The van der Waals surface area contributed by atoms with E-state index in [2.05, 4.69) is 36.4 Å². The highest BCUT2D eigenvalue weighted by Gasteiger charge is 2.27. The Morgan fingerprint density at radius 1 is 0.629 bits per heavy atom. The quantitative estimate of drug-likeness (QED) is 0.238. The molecule has 6 heteroatoms. The molecular weight excluding hydrogens is 471 g/mol. The third kappa shape index (κ3) is 4.66. The second-order valence-corrected chi connectivity index (χ2v) is 10.9. The van der Waals surface area contributed by atoms with E-state index in [4.69, 9.17) is 16.3 Å². The van der Waals surface area contributed by atoms with Crippen LogP contribution in [-0.4, -0.2) is 0 Å². The highest BCUT2D eigenvalue weighted by Crippen LogP contribution is 2.50. The fourth-order valence-electron chi connectivity index (χ4n) is 3.86. The Morgan fingerprint density at radius 3 is 1.46 bits per heavy atom. The summed E-state index contributed by atoms with van der Waals surface area (Å²) >= 11 is 6.72. The molecule has 4 nitrogen and oxygen atoms in total. The standard InChI is InChI=1S/C29H18ClN4P/c30-28-18-22(27(21-33)23(19-31)20-32)16-17-29(28)34-35(24-10-4-1-5-11-24,25-12-6-2-7-13-25)26-14-8-3-9-15-26/h1-18H. The van der Waals surface area contributed by atoms with Crippen LogP contribution in [0.3, 0.4) is 0 Å². The number of allylic oxidation sites excluding steroid dienone is 2. The number of rotatable bonds is 5. The van der Waals surface area contributed by atoms with Gasteiger partial charge < -0.3 is 0 Å². The van der Waals surface area contributed by atoms with Gasteiger partial charge in [0.05, 0.1) is 23.3 Å². The van der Waals surface area contributed by atoms with E-state index in [1.54, 1.807) is 30.3 Å². The maximum absolute atomic E-state index is 9.53. The van der Waals surface area contributed by atoms with Crippen molar-refractivity contribution in [1.82, 2.24) is 0 Å². The number of nitriles is 3. The molecule has 0 saturated heterocycles. The van der Waals surface area contributed by atoms with E-state index >= 15 is 0 Å². The summed E-state index contributed by atoms with van der Waals surface area (Å²) in [6.45, 7) is 0. The Morgan fingerprint density at radius 2 is 1.09 bits per heavy atom. The zero-order valence-electron chi connectivity index (χ0n) is 18.5. The minimum atomic E-state index is -2.52. The van der Waals surface area contributed by atoms with Gasteiger partial charge in [0.1, 0.15) is 23.8 Å². The molecule has 0 radical (unpaired) electrons. The second-order valence-electron chi connectivity index (χ2n) is 7.49. The van der Waals surface area contributed by atoms with E-state index in [0.29, 0.717) is 16.3 Å². The summed E-state index contributed by atoms with van der Waals surface area (Å²) in [6, 6.07) is 41.0. The molecule has 0 amide bonds. The Balaban J connectivity index is 2.06. The van der Waals surface area contributed by atoms with Crippen LogP contribution in [-0.2, 0) is 0 Å². The van der Waals surface area contributed by atoms with Gasteiger partial charge in [0.2, 0.25) is 0 Å². The van der Waals surface area contributed by atoms with E-state index < -0.39 is 7.05 Å². The largest absolute Gasteiger partial charge is 0.252 e. The van der Waals surface area contributed by atoms with Gasteiger partial charge in [0.15, 0.2) is 0 Å². The summed E-state index contributed by atoms with van der Waals surface area (Å²) in [6.07, 6.45) is 0. The van der Waals surface area contributed by atoms with Gasteiger partial charge >= 0.3 is 0 Å². The number of halogens is 1. The zero-order chi connectivity index (χ0) is 24.7. The molecule has 0 bridgehead atoms. The van der Waals surface area contributed by atoms with Gasteiger partial charge in [-0.3, -0.25) is 4.74 Å². The average Bonchev–Trinajstić information content (AvgIpc) is 2.92. The molecule has 0 aliphatic heterocycles. The van der Waals surface area contributed by atoms with Gasteiger partial charge in [-0.05, 0) is 17.7 Å². The van der Waals surface area contributed by atoms with Crippen LogP contribution in [0.25, 0.3) is 5.57 Å². The van der Waals surface area contributed by atoms with Crippen molar-refractivity contribution in [3.63, 3.8) is 0 Å². The minimum Gasteiger partial charge on any atom is -0.252 e. The van der Waals surface area contributed by atoms with Crippen molar-refractivity contribution in [2.45, 2.75) is 0 Å². The van der Waals surface area contributed by atoms with Crippen molar-refractivity contribution in [2.75, 3.05) is 0 Å². The Labute approximate surface area is 209 Å². The summed E-state index contributed by atoms with van der Waals surface area (Å²) in [7, 11) is -2.52. The summed E-state index contributed by atoms with van der Waals surface area (Å²) in [5.74, 6) is 0. The van der Waals surface area contributed by atoms with Crippen LogP contribution in [0.2, 0.25) is 5.02 Å². The summed E-state index contributed by atoms with van der Waals surface area (Å²) in [4.78, 5) is 0. The lowest BCUT2D eigenvalue weighted by Crippen LogP contribution is -2.25. The Kier molecular flexibility index (Phi) is 7.26. The van der Waals surface area contributed by atoms with Crippen molar-refractivity contribution in [1.29, 1.82) is 15.8 Å². The van der Waals surface area contributed by atoms with Crippen LogP contribution in [0.1, 0.15) is 5.56 Å². The predicted octanol–water partition coefficient (Wildman–Crippen LogP) is 6.47. The molecular formula is C29H18ClN4P. The predicted molar refractivity (Wildman–Crippen MR) is 142 cm³/mol. The van der Waals surface area contributed by atoms with Gasteiger partial charge in [-0.25, -0.2) is 0 Å². The fraction of sp³-hybridized carbons (Fsp3) is 0. The molecule has 0 saturated carbocycles. The normalized spacial score (nSPS) is 10.3. The van der Waals surface area contributed by atoms with Gasteiger partial charge in [0.25, 0.3) is 0 Å². The number of benzene rings is 4. The van der Waals surface area contributed by atoms with Crippen molar-refractivity contribution >= 4 is 45.8 Å². The molecule has 4 rings (SSSR count). The third-order valence-electron chi connectivity index (χ3n) is 5.47. The van der Waals surface area contributed by atoms with E-state index in [1.165, 1.54) is 0 Å². The zero-order valence-corrected chi connectivity index (χ0v) is 20.2. The smallest absolute Gasteiger partial charge is 0.148 e. The SMILES string of the molecule is N#CC(C#N)=C(C#N)c1ccc(N=P(c2ccccc2)(c2ccccc2)c2ccccc2)c(Cl)c1. The van der Waals surface area contributed by atoms with E-state index in [-0.39, 0.29) is 11.1 Å².